The Morgan fingerprint density at radius 2 is 2.08 bits per heavy atom. The van der Waals surface area contributed by atoms with Gasteiger partial charge in [0.25, 0.3) is 0 Å². The molecule has 0 bridgehead atoms. The van der Waals surface area contributed by atoms with Crippen LogP contribution < -0.4 is 0 Å². The van der Waals surface area contributed by atoms with E-state index < -0.39 is 0 Å². The van der Waals surface area contributed by atoms with E-state index >= 15 is 0 Å². The summed E-state index contributed by atoms with van der Waals surface area (Å²) in [4.78, 5) is 0. The van der Waals surface area contributed by atoms with E-state index in [0.29, 0.717) is 0 Å². The van der Waals surface area contributed by atoms with E-state index in [9.17, 15) is 0 Å². The van der Waals surface area contributed by atoms with Gasteiger partial charge in [0, 0.05) is 13.0 Å². The van der Waals surface area contributed by atoms with Gasteiger partial charge < -0.3 is 9.47 Å². The first-order valence-electron chi connectivity index (χ1n) is 4.77. The molecule has 1 heterocycles. The van der Waals surface area contributed by atoms with Crippen molar-refractivity contribution in [2.75, 3.05) is 6.61 Å². The van der Waals surface area contributed by atoms with Crippen LogP contribution in [-0.4, -0.2) is 19.0 Å². The number of hydrogen-bond acceptors (Lipinski definition) is 2. The van der Waals surface area contributed by atoms with Gasteiger partial charge in [-0.25, -0.2) is 0 Å². The molecule has 2 heteroatoms. The molecule has 0 N–H and O–H groups in total. The van der Waals surface area contributed by atoms with E-state index in [1.54, 1.807) is 0 Å². The van der Waals surface area contributed by atoms with Gasteiger partial charge in [-0.3, -0.25) is 0 Å². The van der Waals surface area contributed by atoms with Gasteiger partial charge in [-0.15, -0.1) is 0 Å². The molecule has 0 aromatic heterocycles. The van der Waals surface area contributed by atoms with Crippen LogP contribution in [0.5, 0.6) is 0 Å². The van der Waals surface area contributed by atoms with E-state index in [2.05, 4.69) is 27.7 Å². The molecule has 0 saturated carbocycles. The smallest absolute Gasteiger partial charge is 0.158 e. The highest BCUT2D eigenvalue weighted by atomic mass is 16.7. The highest BCUT2D eigenvalue weighted by Gasteiger charge is 2.26. The summed E-state index contributed by atoms with van der Waals surface area (Å²) < 4.78 is 11.2. The molecule has 0 amide bonds. The van der Waals surface area contributed by atoms with Gasteiger partial charge in [-0.05, 0) is 18.8 Å². The van der Waals surface area contributed by atoms with Gasteiger partial charge in [0.2, 0.25) is 0 Å². The van der Waals surface area contributed by atoms with Crippen molar-refractivity contribution in [3.8, 4) is 0 Å². The van der Waals surface area contributed by atoms with E-state index in [1.165, 1.54) is 0 Å². The lowest BCUT2D eigenvalue weighted by atomic mass is 9.90. The Kier molecular flexibility index (Phi) is 3.13. The Balaban J connectivity index is 2.30. The summed E-state index contributed by atoms with van der Waals surface area (Å²) in [5, 5.41) is 0. The van der Waals surface area contributed by atoms with Crippen LogP contribution >= 0.6 is 0 Å². The predicted octanol–water partition coefficient (Wildman–Crippen LogP) is 2.57. The normalized spacial score (nSPS) is 27.5. The third-order valence-corrected chi connectivity index (χ3v) is 2.46. The van der Waals surface area contributed by atoms with Crippen LogP contribution in [0.25, 0.3) is 0 Å². The maximum absolute atomic E-state index is 5.75. The lowest BCUT2D eigenvalue weighted by Crippen LogP contribution is -2.30. The van der Waals surface area contributed by atoms with Crippen LogP contribution in [0.4, 0.5) is 0 Å². The van der Waals surface area contributed by atoms with Crippen molar-refractivity contribution >= 4 is 0 Å². The maximum Gasteiger partial charge on any atom is 0.158 e. The Labute approximate surface area is 75.2 Å². The SMILES string of the molecule is CC(OC1CCCO1)C(C)(C)C. The second-order valence-electron chi connectivity index (χ2n) is 4.59. The zero-order valence-corrected chi connectivity index (χ0v) is 8.59. The maximum atomic E-state index is 5.75. The van der Waals surface area contributed by atoms with Crippen LogP contribution in [-0.2, 0) is 9.47 Å². The molecule has 0 spiro atoms. The fourth-order valence-corrected chi connectivity index (χ4v) is 1.09. The third-order valence-electron chi connectivity index (χ3n) is 2.46. The molecular formula is C10H20O2. The van der Waals surface area contributed by atoms with Gasteiger partial charge in [0.1, 0.15) is 0 Å². The van der Waals surface area contributed by atoms with Gasteiger partial charge in [-0.1, -0.05) is 20.8 Å². The highest BCUT2D eigenvalue weighted by Crippen LogP contribution is 2.25. The summed E-state index contributed by atoms with van der Waals surface area (Å²) in [5.41, 5.74) is 0.214. The first kappa shape index (κ1) is 10.0. The molecule has 2 atom stereocenters. The largest absolute Gasteiger partial charge is 0.353 e. The van der Waals surface area contributed by atoms with Crippen molar-refractivity contribution in [2.45, 2.75) is 52.9 Å². The zero-order chi connectivity index (χ0) is 9.19. The molecular weight excluding hydrogens is 152 g/mol. The molecule has 2 unspecified atom stereocenters. The summed E-state index contributed by atoms with van der Waals surface area (Å²) in [6.07, 6.45) is 2.52. The predicted molar refractivity (Wildman–Crippen MR) is 49.0 cm³/mol. The summed E-state index contributed by atoms with van der Waals surface area (Å²) in [7, 11) is 0. The lowest BCUT2D eigenvalue weighted by Gasteiger charge is -2.29. The standard InChI is InChI=1S/C10H20O2/c1-8(10(2,3)4)12-9-6-5-7-11-9/h8-9H,5-7H2,1-4H3. The van der Waals surface area contributed by atoms with Crippen molar-refractivity contribution in [3.05, 3.63) is 0 Å². The van der Waals surface area contributed by atoms with Crippen molar-refractivity contribution in [1.29, 1.82) is 0 Å². The molecule has 0 aromatic carbocycles. The average Bonchev–Trinajstić information content (AvgIpc) is 2.37. The molecule has 1 fully saturated rings. The van der Waals surface area contributed by atoms with Crippen molar-refractivity contribution in [3.63, 3.8) is 0 Å². The topological polar surface area (TPSA) is 18.5 Å². The minimum absolute atomic E-state index is 0.0548. The van der Waals surface area contributed by atoms with Gasteiger partial charge in [0.05, 0.1) is 6.10 Å². The fourth-order valence-electron chi connectivity index (χ4n) is 1.09. The van der Waals surface area contributed by atoms with Crippen LogP contribution in [0, 0.1) is 5.41 Å². The molecule has 0 aromatic rings. The van der Waals surface area contributed by atoms with Crippen LogP contribution in [0.2, 0.25) is 0 Å². The second kappa shape index (κ2) is 3.75. The van der Waals surface area contributed by atoms with E-state index in [4.69, 9.17) is 9.47 Å². The quantitative estimate of drug-likeness (QED) is 0.637. The molecule has 1 rings (SSSR count). The molecule has 0 aliphatic carbocycles. The number of ether oxygens (including phenoxy) is 2. The van der Waals surface area contributed by atoms with E-state index in [1.807, 2.05) is 0 Å². The minimum atomic E-state index is 0.0548. The van der Waals surface area contributed by atoms with Crippen molar-refractivity contribution < 1.29 is 9.47 Å². The molecule has 0 radical (unpaired) electrons. The first-order valence-corrected chi connectivity index (χ1v) is 4.77. The van der Waals surface area contributed by atoms with Crippen LogP contribution in [0.15, 0.2) is 0 Å². The van der Waals surface area contributed by atoms with Crippen molar-refractivity contribution in [1.82, 2.24) is 0 Å². The van der Waals surface area contributed by atoms with E-state index in [-0.39, 0.29) is 17.8 Å². The summed E-state index contributed by atoms with van der Waals surface area (Å²) in [6, 6.07) is 0. The molecule has 1 aliphatic rings. The number of rotatable bonds is 2. The van der Waals surface area contributed by atoms with Gasteiger partial charge in [0.15, 0.2) is 6.29 Å². The first-order chi connectivity index (χ1) is 5.50. The summed E-state index contributed by atoms with van der Waals surface area (Å²) in [6.45, 7) is 9.54. The highest BCUT2D eigenvalue weighted by molar-refractivity contribution is 4.71. The summed E-state index contributed by atoms with van der Waals surface area (Å²) >= 11 is 0. The second-order valence-corrected chi connectivity index (χ2v) is 4.59. The Bertz CT molecular complexity index is 131. The minimum Gasteiger partial charge on any atom is -0.353 e. The summed E-state index contributed by atoms with van der Waals surface area (Å²) in [5.74, 6) is 0. The fraction of sp³-hybridized carbons (Fsp3) is 1.00. The Morgan fingerprint density at radius 1 is 1.42 bits per heavy atom. The average molecular weight is 172 g/mol. The van der Waals surface area contributed by atoms with Crippen LogP contribution in [0.1, 0.15) is 40.5 Å². The van der Waals surface area contributed by atoms with Gasteiger partial charge in [-0.2, -0.15) is 0 Å². The molecule has 2 nitrogen and oxygen atoms in total. The van der Waals surface area contributed by atoms with Crippen molar-refractivity contribution in [2.24, 2.45) is 5.41 Å². The molecule has 12 heavy (non-hydrogen) atoms. The Morgan fingerprint density at radius 3 is 2.50 bits per heavy atom. The lowest BCUT2D eigenvalue weighted by molar-refractivity contribution is -0.163. The third kappa shape index (κ3) is 2.76. The molecule has 1 aliphatic heterocycles. The van der Waals surface area contributed by atoms with Gasteiger partial charge >= 0.3 is 0 Å². The number of hydrogen-bond donors (Lipinski definition) is 0. The van der Waals surface area contributed by atoms with E-state index in [0.717, 1.165) is 19.4 Å². The van der Waals surface area contributed by atoms with Crippen LogP contribution in [0.3, 0.4) is 0 Å². The monoisotopic (exact) mass is 172 g/mol. The zero-order valence-electron chi connectivity index (χ0n) is 8.59. The Hall–Kier alpha value is -0.0800. The molecule has 72 valence electrons. The molecule has 1 saturated heterocycles.